The van der Waals surface area contributed by atoms with Gasteiger partial charge in [0.2, 0.25) is 0 Å². The highest BCUT2D eigenvalue weighted by Crippen LogP contribution is 2.14. The van der Waals surface area contributed by atoms with Crippen molar-refractivity contribution in [3.8, 4) is 0 Å². The van der Waals surface area contributed by atoms with Crippen LogP contribution in [-0.4, -0.2) is 29.3 Å². The molecule has 108 valence electrons. The van der Waals surface area contributed by atoms with E-state index in [1.54, 1.807) is 12.4 Å². The molecule has 0 aromatic carbocycles. The quantitative estimate of drug-likeness (QED) is 0.830. The minimum absolute atomic E-state index is 0.237. The predicted octanol–water partition coefficient (Wildman–Crippen LogP) is 2.30. The zero-order valence-corrected chi connectivity index (χ0v) is 11.0. The van der Waals surface area contributed by atoms with Gasteiger partial charge in [0.1, 0.15) is 13.2 Å². The smallest absolute Gasteiger partial charge is 0.364 e. The minimum atomic E-state index is -4.32. The van der Waals surface area contributed by atoms with Crippen LogP contribution in [0.5, 0.6) is 0 Å². The van der Waals surface area contributed by atoms with Crippen molar-refractivity contribution in [2.24, 2.45) is 5.92 Å². The third-order valence-corrected chi connectivity index (χ3v) is 2.14. The van der Waals surface area contributed by atoms with Gasteiger partial charge in [-0.2, -0.15) is 13.2 Å². The molecule has 1 aromatic heterocycles. The van der Waals surface area contributed by atoms with E-state index in [4.69, 9.17) is 0 Å². The van der Waals surface area contributed by atoms with Gasteiger partial charge in [0.15, 0.2) is 5.82 Å². The molecule has 1 N–H and O–H groups in total. The molecule has 1 heterocycles. The van der Waals surface area contributed by atoms with Crippen LogP contribution in [-0.2, 0) is 17.9 Å². The summed E-state index contributed by atoms with van der Waals surface area (Å²) < 4.78 is 40.0. The molecule has 0 saturated heterocycles. The zero-order valence-electron chi connectivity index (χ0n) is 11.0. The third kappa shape index (κ3) is 7.74. The van der Waals surface area contributed by atoms with Crippen molar-refractivity contribution < 1.29 is 17.9 Å². The second-order valence-corrected chi connectivity index (χ2v) is 4.64. The van der Waals surface area contributed by atoms with E-state index in [-0.39, 0.29) is 12.4 Å². The fourth-order valence-corrected chi connectivity index (χ4v) is 1.31. The highest BCUT2D eigenvalue weighted by molar-refractivity contribution is 5.04. The summed E-state index contributed by atoms with van der Waals surface area (Å²) in [6.07, 6.45) is -1.14. The Morgan fingerprint density at radius 2 is 1.89 bits per heavy atom. The lowest BCUT2D eigenvalue weighted by atomic mass is 10.2. The summed E-state index contributed by atoms with van der Waals surface area (Å²) in [6.45, 7) is 4.21. The number of hydrogen-bond acceptors (Lipinski definition) is 4. The molecule has 4 nitrogen and oxygen atoms in total. The lowest BCUT2D eigenvalue weighted by Gasteiger charge is -2.08. The average Bonchev–Trinajstić information content (AvgIpc) is 2.29. The van der Waals surface area contributed by atoms with Crippen LogP contribution in [0.1, 0.15) is 25.2 Å². The Bertz CT molecular complexity index is 365. The first-order chi connectivity index (χ1) is 8.87. The standard InChI is InChI=1S/C12H18F3N3O/c1-9(2)3-16-4-10-5-17-11(18-6-10)7-19-8-12(13,14)15/h5-6,9,16H,3-4,7-8H2,1-2H3. The Kier molecular flexibility index (Phi) is 6.17. The van der Waals surface area contributed by atoms with E-state index < -0.39 is 12.8 Å². The van der Waals surface area contributed by atoms with Crippen LogP contribution < -0.4 is 5.32 Å². The van der Waals surface area contributed by atoms with Crippen molar-refractivity contribution in [2.75, 3.05) is 13.2 Å². The summed E-state index contributed by atoms with van der Waals surface area (Å²) in [5, 5.41) is 3.22. The number of hydrogen-bond donors (Lipinski definition) is 1. The van der Waals surface area contributed by atoms with Gasteiger partial charge in [-0.05, 0) is 12.5 Å². The Balaban J connectivity index is 2.31. The molecule has 0 fully saturated rings. The van der Waals surface area contributed by atoms with E-state index in [0.29, 0.717) is 12.5 Å². The number of rotatable bonds is 7. The fraction of sp³-hybridized carbons (Fsp3) is 0.667. The number of aromatic nitrogens is 2. The maximum Gasteiger partial charge on any atom is 0.411 e. The molecule has 7 heteroatoms. The Hall–Kier alpha value is -1.21. The number of alkyl halides is 3. The molecule has 0 saturated carbocycles. The largest absolute Gasteiger partial charge is 0.411 e. The highest BCUT2D eigenvalue weighted by atomic mass is 19.4. The topological polar surface area (TPSA) is 47.0 Å². The molecule has 0 aliphatic carbocycles. The molecule has 0 atom stereocenters. The summed E-state index contributed by atoms with van der Waals surface area (Å²) in [4.78, 5) is 7.91. The second kappa shape index (κ2) is 7.40. The van der Waals surface area contributed by atoms with Gasteiger partial charge in [-0.3, -0.25) is 0 Å². The van der Waals surface area contributed by atoms with Crippen molar-refractivity contribution in [1.82, 2.24) is 15.3 Å². The van der Waals surface area contributed by atoms with Gasteiger partial charge in [-0.15, -0.1) is 0 Å². The van der Waals surface area contributed by atoms with E-state index in [1.165, 1.54) is 0 Å². The molecule has 0 spiro atoms. The van der Waals surface area contributed by atoms with Gasteiger partial charge in [-0.1, -0.05) is 13.8 Å². The highest BCUT2D eigenvalue weighted by Gasteiger charge is 2.27. The van der Waals surface area contributed by atoms with Crippen LogP contribution in [0.15, 0.2) is 12.4 Å². The maximum absolute atomic E-state index is 11.9. The first-order valence-electron chi connectivity index (χ1n) is 6.02. The van der Waals surface area contributed by atoms with Gasteiger partial charge >= 0.3 is 6.18 Å². The van der Waals surface area contributed by atoms with Crippen LogP contribution in [0.4, 0.5) is 13.2 Å². The molecule has 0 radical (unpaired) electrons. The minimum Gasteiger partial charge on any atom is -0.364 e. The monoisotopic (exact) mass is 277 g/mol. The summed E-state index contributed by atoms with van der Waals surface area (Å²) >= 11 is 0. The Morgan fingerprint density at radius 3 is 2.42 bits per heavy atom. The first kappa shape index (κ1) is 15.8. The molecule has 0 aliphatic rings. The van der Waals surface area contributed by atoms with Crippen LogP contribution in [0, 0.1) is 5.92 Å². The van der Waals surface area contributed by atoms with Crippen molar-refractivity contribution in [2.45, 2.75) is 33.2 Å². The van der Waals surface area contributed by atoms with E-state index in [1.807, 2.05) is 0 Å². The number of ether oxygens (including phenoxy) is 1. The van der Waals surface area contributed by atoms with Gasteiger partial charge in [0.25, 0.3) is 0 Å². The normalized spacial score (nSPS) is 12.1. The molecule has 1 aromatic rings. The molecule has 0 amide bonds. The van der Waals surface area contributed by atoms with E-state index >= 15 is 0 Å². The van der Waals surface area contributed by atoms with Crippen molar-refractivity contribution in [1.29, 1.82) is 0 Å². The van der Waals surface area contributed by atoms with Crippen LogP contribution in [0.2, 0.25) is 0 Å². The summed E-state index contributed by atoms with van der Waals surface area (Å²) in [7, 11) is 0. The Morgan fingerprint density at radius 1 is 1.26 bits per heavy atom. The van der Waals surface area contributed by atoms with Crippen molar-refractivity contribution >= 4 is 0 Å². The van der Waals surface area contributed by atoms with Crippen molar-refractivity contribution in [3.05, 3.63) is 23.8 Å². The van der Waals surface area contributed by atoms with E-state index in [9.17, 15) is 13.2 Å². The molecular weight excluding hydrogens is 259 g/mol. The summed E-state index contributed by atoms with van der Waals surface area (Å²) in [6, 6.07) is 0. The van der Waals surface area contributed by atoms with E-state index in [2.05, 4.69) is 33.9 Å². The van der Waals surface area contributed by atoms with Gasteiger partial charge in [0.05, 0.1) is 0 Å². The maximum atomic E-state index is 11.9. The molecule has 1 rings (SSSR count). The summed E-state index contributed by atoms with van der Waals surface area (Å²) in [5.74, 6) is 0.799. The lowest BCUT2D eigenvalue weighted by molar-refractivity contribution is -0.177. The molecular formula is C12H18F3N3O. The molecule has 19 heavy (non-hydrogen) atoms. The number of nitrogens with one attached hydrogen (secondary N) is 1. The first-order valence-corrected chi connectivity index (χ1v) is 6.02. The van der Waals surface area contributed by atoms with Gasteiger partial charge in [0, 0.05) is 24.5 Å². The average molecular weight is 277 g/mol. The zero-order chi connectivity index (χ0) is 14.3. The van der Waals surface area contributed by atoms with Crippen molar-refractivity contribution in [3.63, 3.8) is 0 Å². The van der Waals surface area contributed by atoms with Gasteiger partial charge < -0.3 is 10.1 Å². The molecule has 0 aliphatic heterocycles. The predicted molar refractivity (Wildman–Crippen MR) is 64.3 cm³/mol. The van der Waals surface area contributed by atoms with Crippen LogP contribution >= 0.6 is 0 Å². The van der Waals surface area contributed by atoms with E-state index in [0.717, 1.165) is 12.1 Å². The SMILES string of the molecule is CC(C)CNCc1cnc(COCC(F)(F)F)nc1. The molecule has 0 unspecified atom stereocenters. The third-order valence-electron chi connectivity index (χ3n) is 2.14. The lowest BCUT2D eigenvalue weighted by Crippen LogP contribution is -2.19. The molecule has 0 bridgehead atoms. The Labute approximate surface area is 110 Å². The van der Waals surface area contributed by atoms with Gasteiger partial charge in [-0.25, -0.2) is 9.97 Å². The number of nitrogens with zero attached hydrogens (tertiary/aromatic N) is 2. The van der Waals surface area contributed by atoms with Crippen LogP contribution in [0.3, 0.4) is 0 Å². The fourth-order valence-electron chi connectivity index (χ4n) is 1.31. The van der Waals surface area contributed by atoms with Crippen LogP contribution in [0.25, 0.3) is 0 Å². The second-order valence-electron chi connectivity index (χ2n) is 4.64. The summed E-state index contributed by atoms with van der Waals surface area (Å²) in [5.41, 5.74) is 0.889. The number of halogens is 3.